The highest BCUT2D eigenvalue weighted by Gasteiger charge is 2.09. The first-order valence-electron chi connectivity index (χ1n) is 6.26. The minimum absolute atomic E-state index is 0.202. The van der Waals surface area contributed by atoms with Gasteiger partial charge in [0.25, 0.3) is 0 Å². The van der Waals surface area contributed by atoms with Gasteiger partial charge in [-0.3, -0.25) is 0 Å². The number of aromatic hydroxyl groups is 2. The van der Waals surface area contributed by atoms with Gasteiger partial charge in [0.1, 0.15) is 11.5 Å². The molecule has 0 saturated heterocycles. The van der Waals surface area contributed by atoms with Gasteiger partial charge in [0.05, 0.1) is 11.9 Å². The van der Waals surface area contributed by atoms with Gasteiger partial charge in [0.15, 0.2) is 11.5 Å². The Bertz CT molecular complexity index is 748. The summed E-state index contributed by atoms with van der Waals surface area (Å²) in [5.41, 5.74) is 2.22. The van der Waals surface area contributed by atoms with Crippen molar-refractivity contribution in [1.29, 1.82) is 0 Å². The van der Waals surface area contributed by atoms with Crippen LogP contribution in [-0.2, 0) is 0 Å². The average Bonchev–Trinajstić information content (AvgIpc) is 2.94. The van der Waals surface area contributed by atoms with Gasteiger partial charge < -0.3 is 10.2 Å². The molecule has 0 amide bonds. The molecule has 6 heteroatoms. The number of nitrogens with zero attached hydrogens (tertiary/aromatic N) is 3. The van der Waals surface area contributed by atoms with Crippen LogP contribution in [0, 0.1) is 12.7 Å². The molecule has 0 aliphatic carbocycles. The van der Waals surface area contributed by atoms with E-state index >= 15 is 0 Å². The molecule has 0 spiro atoms. The largest absolute Gasteiger partial charge is 0.504 e. The van der Waals surface area contributed by atoms with Crippen LogP contribution in [0.2, 0.25) is 0 Å². The summed E-state index contributed by atoms with van der Waals surface area (Å²) in [6, 6.07) is 9.15. The molecular formula is C15H12FN3O2. The summed E-state index contributed by atoms with van der Waals surface area (Å²) in [6.07, 6.45) is 1.62. The van der Waals surface area contributed by atoms with E-state index in [0.717, 1.165) is 0 Å². The summed E-state index contributed by atoms with van der Waals surface area (Å²) >= 11 is 0. The van der Waals surface area contributed by atoms with E-state index in [0.29, 0.717) is 22.5 Å². The van der Waals surface area contributed by atoms with Gasteiger partial charge in [-0.25, -0.2) is 9.07 Å². The predicted octanol–water partition coefficient (Wildman–Crippen LogP) is 2.79. The molecule has 2 aromatic carbocycles. The molecule has 1 heterocycles. The zero-order valence-corrected chi connectivity index (χ0v) is 11.2. The molecule has 0 radical (unpaired) electrons. The van der Waals surface area contributed by atoms with E-state index in [1.807, 2.05) is 0 Å². The summed E-state index contributed by atoms with van der Waals surface area (Å²) in [4.78, 5) is 0. The molecule has 0 aliphatic heterocycles. The van der Waals surface area contributed by atoms with Gasteiger partial charge in [0.2, 0.25) is 0 Å². The lowest BCUT2D eigenvalue weighted by Crippen LogP contribution is -1.96. The molecule has 3 rings (SSSR count). The van der Waals surface area contributed by atoms with Gasteiger partial charge in [-0.1, -0.05) is 11.3 Å². The van der Waals surface area contributed by atoms with Crippen molar-refractivity contribution < 1.29 is 14.6 Å². The third kappa shape index (κ3) is 2.43. The Labute approximate surface area is 119 Å². The third-order valence-electron chi connectivity index (χ3n) is 3.18. The molecule has 0 fully saturated rings. The second-order valence-electron chi connectivity index (χ2n) is 4.69. The molecule has 0 bridgehead atoms. The Kier molecular flexibility index (Phi) is 3.06. The predicted molar refractivity (Wildman–Crippen MR) is 74.8 cm³/mol. The zero-order valence-electron chi connectivity index (χ0n) is 11.2. The first-order chi connectivity index (χ1) is 10.0. The van der Waals surface area contributed by atoms with Crippen molar-refractivity contribution in [3.63, 3.8) is 0 Å². The lowest BCUT2D eigenvalue weighted by molar-refractivity contribution is 0.404. The summed E-state index contributed by atoms with van der Waals surface area (Å²) in [5, 5.41) is 26.7. The van der Waals surface area contributed by atoms with Crippen molar-refractivity contribution in [3.05, 3.63) is 54.0 Å². The highest BCUT2D eigenvalue weighted by molar-refractivity contribution is 5.62. The third-order valence-corrected chi connectivity index (χ3v) is 3.18. The van der Waals surface area contributed by atoms with Gasteiger partial charge in [-0.15, -0.1) is 5.10 Å². The Morgan fingerprint density at radius 1 is 1.05 bits per heavy atom. The molecule has 106 valence electrons. The van der Waals surface area contributed by atoms with E-state index < -0.39 is 0 Å². The van der Waals surface area contributed by atoms with Crippen molar-refractivity contribution in [2.45, 2.75) is 6.92 Å². The molecule has 0 saturated carbocycles. The van der Waals surface area contributed by atoms with Gasteiger partial charge in [0, 0.05) is 5.56 Å². The number of phenolic OH excluding ortho intramolecular Hbond substituents is 2. The van der Waals surface area contributed by atoms with E-state index in [-0.39, 0.29) is 17.3 Å². The first kappa shape index (κ1) is 13.1. The van der Waals surface area contributed by atoms with Crippen molar-refractivity contribution >= 4 is 0 Å². The maximum atomic E-state index is 13.6. The lowest BCUT2D eigenvalue weighted by Gasteiger charge is -2.02. The molecule has 0 unspecified atom stereocenters. The van der Waals surface area contributed by atoms with E-state index in [2.05, 4.69) is 10.3 Å². The minimum atomic E-state index is -0.313. The Morgan fingerprint density at radius 2 is 1.86 bits per heavy atom. The summed E-state index contributed by atoms with van der Waals surface area (Å²) in [5.74, 6) is -0.748. The van der Waals surface area contributed by atoms with E-state index in [1.165, 1.54) is 22.9 Å². The fraction of sp³-hybridized carbons (Fsp3) is 0.0667. The first-order valence-corrected chi connectivity index (χ1v) is 6.26. The highest BCUT2D eigenvalue weighted by atomic mass is 19.1. The monoisotopic (exact) mass is 285 g/mol. The molecule has 21 heavy (non-hydrogen) atoms. The quantitative estimate of drug-likeness (QED) is 0.710. The Balaban J connectivity index is 1.99. The minimum Gasteiger partial charge on any atom is -0.504 e. The second kappa shape index (κ2) is 4.90. The van der Waals surface area contributed by atoms with E-state index in [9.17, 15) is 14.6 Å². The fourth-order valence-corrected chi connectivity index (χ4v) is 1.93. The van der Waals surface area contributed by atoms with Crippen LogP contribution in [0.5, 0.6) is 11.5 Å². The standard InChI is InChI=1S/C15H12FN3O2/c1-9-2-4-11(7-12(9)16)19-8-13(17-18-19)10-3-5-14(20)15(21)6-10/h2-8,20-21H,1H3. The SMILES string of the molecule is Cc1ccc(-n2cc(-c3ccc(O)c(O)c3)nn2)cc1F. The molecule has 3 aromatic rings. The number of aromatic nitrogens is 3. The van der Waals surface area contributed by atoms with Crippen LogP contribution in [0.4, 0.5) is 4.39 Å². The van der Waals surface area contributed by atoms with Gasteiger partial charge in [-0.2, -0.15) is 0 Å². The Morgan fingerprint density at radius 3 is 2.57 bits per heavy atom. The molecule has 0 aliphatic rings. The van der Waals surface area contributed by atoms with Crippen molar-refractivity contribution in [1.82, 2.24) is 15.0 Å². The summed E-state index contributed by atoms with van der Waals surface area (Å²) in [6.45, 7) is 1.69. The number of halogens is 1. The smallest absolute Gasteiger partial charge is 0.158 e. The maximum absolute atomic E-state index is 13.6. The summed E-state index contributed by atoms with van der Waals surface area (Å²) in [7, 11) is 0. The number of phenols is 2. The number of hydrogen-bond donors (Lipinski definition) is 2. The number of hydrogen-bond acceptors (Lipinski definition) is 4. The number of benzene rings is 2. The summed E-state index contributed by atoms with van der Waals surface area (Å²) < 4.78 is 15.0. The molecule has 1 aromatic heterocycles. The van der Waals surface area contributed by atoms with Crippen molar-refractivity contribution in [2.75, 3.05) is 0 Å². The Hall–Kier alpha value is -2.89. The second-order valence-corrected chi connectivity index (χ2v) is 4.69. The zero-order chi connectivity index (χ0) is 15.0. The topological polar surface area (TPSA) is 71.2 Å². The van der Waals surface area contributed by atoms with Gasteiger partial charge in [-0.05, 0) is 42.8 Å². The molecule has 0 atom stereocenters. The van der Waals surface area contributed by atoms with Crippen LogP contribution >= 0.6 is 0 Å². The van der Waals surface area contributed by atoms with Gasteiger partial charge >= 0.3 is 0 Å². The van der Waals surface area contributed by atoms with E-state index in [1.54, 1.807) is 31.3 Å². The number of aryl methyl sites for hydroxylation is 1. The maximum Gasteiger partial charge on any atom is 0.158 e. The van der Waals surface area contributed by atoms with Crippen LogP contribution < -0.4 is 0 Å². The number of rotatable bonds is 2. The van der Waals surface area contributed by atoms with Crippen LogP contribution in [0.3, 0.4) is 0 Å². The molecule has 5 nitrogen and oxygen atoms in total. The fourth-order valence-electron chi connectivity index (χ4n) is 1.93. The normalized spacial score (nSPS) is 10.8. The van der Waals surface area contributed by atoms with E-state index in [4.69, 9.17) is 0 Å². The van der Waals surface area contributed by atoms with Crippen LogP contribution in [0.25, 0.3) is 16.9 Å². The van der Waals surface area contributed by atoms with Crippen LogP contribution in [0.15, 0.2) is 42.6 Å². The van der Waals surface area contributed by atoms with Crippen LogP contribution in [0.1, 0.15) is 5.56 Å². The van der Waals surface area contributed by atoms with Crippen LogP contribution in [-0.4, -0.2) is 25.2 Å². The van der Waals surface area contributed by atoms with Crippen molar-refractivity contribution in [2.24, 2.45) is 0 Å². The average molecular weight is 285 g/mol. The molecule has 2 N–H and O–H groups in total. The molecular weight excluding hydrogens is 273 g/mol. The lowest BCUT2D eigenvalue weighted by atomic mass is 10.1. The van der Waals surface area contributed by atoms with Crippen molar-refractivity contribution in [3.8, 4) is 28.4 Å². The highest BCUT2D eigenvalue weighted by Crippen LogP contribution is 2.29.